The first-order chi connectivity index (χ1) is 10.8. The standard InChI is InChI=1S/C16H26N4O2/c1-13-8-16(18-12-17-13)19-15-2-4-20(5-3-15)9-14-10-21-6-7-22-11-14/h8,12,14-15H,2-7,9-11H2,1H3,(H,17,18,19). The van der Waals surface area contributed by atoms with Gasteiger partial charge in [-0.25, -0.2) is 9.97 Å². The van der Waals surface area contributed by atoms with Crippen LogP contribution in [0.3, 0.4) is 0 Å². The zero-order chi connectivity index (χ0) is 15.2. The monoisotopic (exact) mass is 306 g/mol. The minimum Gasteiger partial charge on any atom is -0.379 e. The Morgan fingerprint density at radius 1 is 1.18 bits per heavy atom. The highest BCUT2D eigenvalue weighted by Crippen LogP contribution is 2.17. The second-order valence-electron chi connectivity index (χ2n) is 6.28. The van der Waals surface area contributed by atoms with E-state index < -0.39 is 0 Å². The number of ether oxygens (including phenoxy) is 2. The fraction of sp³-hybridized carbons (Fsp3) is 0.750. The summed E-state index contributed by atoms with van der Waals surface area (Å²) < 4.78 is 11.2. The van der Waals surface area contributed by atoms with Crippen LogP contribution in [0.5, 0.6) is 0 Å². The number of nitrogens with zero attached hydrogens (tertiary/aromatic N) is 3. The number of aromatic nitrogens is 2. The minimum atomic E-state index is 0.507. The van der Waals surface area contributed by atoms with Crippen molar-refractivity contribution in [2.45, 2.75) is 25.8 Å². The maximum atomic E-state index is 5.58. The molecule has 0 saturated carbocycles. The van der Waals surface area contributed by atoms with E-state index in [9.17, 15) is 0 Å². The van der Waals surface area contributed by atoms with Crippen LogP contribution in [0, 0.1) is 12.8 Å². The lowest BCUT2D eigenvalue weighted by molar-refractivity contribution is 0.0950. The van der Waals surface area contributed by atoms with Crippen molar-refractivity contribution in [1.29, 1.82) is 0 Å². The van der Waals surface area contributed by atoms with Gasteiger partial charge in [0, 0.05) is 43.4 Å². The molecular formula is C16H26N4O2. The van der Waals surface area contributed by atoms with Crippen molar-refractivity contribution < 1.29 is 9.47 Å². The molecule has 2 fully saturated rings. The maximum Gasteiger partial charge on any atom is 0.129 e. The van der Waals surface area contributed by atoms with E-state index in [4.69, 9.17) is 9.47 Å². The highest BCUT2D eigenvalue weighted by atomic mass is 16.5. The Morgan fingerprint density at radius 2 is 1.91 bits per heavy atom. The smallest absolute Gasteiger partial charge is 0.129 e. The quantitative estimate of drug-likeness (QED) is 0.905. The lowest BCUT2D eigenvalue weighted by atomic mass is 10.0. The van der Waals surface area contributed by atoms with E-state index in [-0.39, 0.29) is 0 Å². The molecular weight excluding hydrogens is 280 g/mol. The molecule has 0 bridgehead atoms. The molecule has 2 saturated heterocycles. The number of aryl methyl sites for hydroxylation is 1. The molecule has 0 atom stereocenters. The molecule has 2 aliphatic heterocycles. The van der Waals surface area contributed by atoms with Gasteiger partial charge in [0.25, 0.3) is 0 Å². The van der Waals surface area contributed by atoms with E-state index in [1.54, 1.807) is 6.33 Å². The molecule has 2 aliphatic rings. The lowest BCUT2D eigenvalue weighted by Gasteiger charge is -2.34. The third-order valence-corrected chi connectivity index (χ3v) is 4.34. The molecule has 0 radical (unpaired) electrons. The van der Waals surface area contributed by atoms with Gasteiger partial charge < -0.3 is 19.7 Å². The average molecular weight is 306 g/mol. The van der Waals surface area contributed by atoms with E-state index >= 15 is 0 Å². The second kappa shape index (κ2) is 7.85. The first-order valence-electron chi connectivity index (χ1n) is 8.22. The van der Waals surface area contributed by atoms with Crippen LogP contribution in [0.1, 0.15) is 18.5 Å². The van der Waals surface area contributed by atoms with E-state index in [2.05, 4.69) is 20.2 Å². The van der Waals surface area contributed by atoms with Gasteiger partial charge in [-0.05, 0) is 19.8 Å². The first-order valence-corrected chi connectivity index (χ1v) is 8.22. The lowest BCUT2D eigenvalue weighted by Crippen LogP contribution is -2.42. The van der Waals surface area contributed by atoms with Crippen LogP contribution in [0.4, 0.5) is 5.82 Å². The highest BCUT2D eigenvalue weighted by molar-refractivity contribution is 5.35. The van der Waals surface area contributed by atoms with Crippen LogP contribution in [0.15, 0.2) is 12.4 Å². The van der Waals surface area contributed by atoms with Gasteiger partial charge in [-0.2, -0.15) is 0 Å². The number of piperidine rings is 1. The number of hydrogen-bond acceptors (Lipinski definition) is 6. The predicted octanol–water partition coefficient (Wildman–Crippen LogP) is 1.32. The minimum absolute atomic E-state index is 0.507. The molecule has 0 amide bonds. The van der Waals surface area contributed by atoms with E-state index in [1.807, 2.05) is 13.0 Å². The summed E-state index contributed by atoms with van der Waals surface area (Å²) in [5.74, 6) is 1.45. The summed E-state index contributed by atoms with van der Waals surface area (Å²) in [4.78, 5) is 11.0. The Labute approximate surface area is 132 Å². The zero-order valence-electron chi connectivity index (χ0n) is 13.3. The van der Waals surface area contributed by atoms with Gasteiger partial charge in [0.15, 0.2) is 0 Å². The first kappa shape index (κ1) is 15.6. The van der Waals surface area contributed by atoms with Crippen molar-refractivity contribution in [3.63, 3.8) is 0 Å². The Kier molecular flexibility index (Phi) is 5.58. The number of anilines is 1. The fourth-order valence-electron chi connectivity index (χ4n) is 3.14. The summed E-state index contributed by atoms with van der Waals surface area (Å²) in [5, 5.41) is 3.53. The molecule has 3 rings (SSSR count). The van der Waals surface area contributed by atoms with Crippen molar-refractivity contribution in [3.05, 3.63) is 18.1 Å². The van der Waals surface area contributed by atoms with Gasteiger partial charge in [0.05, 0.1) is 26.4 Å². The molecule has 6 heteroatoms. The maximum absolute atomic E-state index is 5.58. The van der Waals surface area contributed by atoms with Crippen molar-refractivity contribution >= 4 is 5.82 Å². The number of rotatable bonds is 4. The van der Waals surface area contributed by atoms with Crippen LogP contribution in [-0.4, -0.2) is 67.0 Å². The molecule has 0 unspecified atom stereocenters. The van der Waals surface area contributed by atoms with Gasteiger partial charge in [-0.15, -0.1) is 0 Å². The third-order valence-electron chi connectivity index (χ3n) is 4.34. The SMILES string of the molecule is Cc1cc(NC2CCN(CC3COCCOC3)CC2)ncn1. The van der Waals surface area contributed by atoms with Crippen molar-refractivity contribution in [1.82, 2.24) is 14.9 Å². The molecule has 1 N–H and O–H groups in total. The largest absolute Gasteiger partial charge is 0.379 e. The normalized spacial score (nSPS) is 22.4. The summed E-state index contributed by atoms with van der Waals surface area (Å²) in [6.45, 7) is 8.46. The van der Waals surface area contributed by atoms with Gasteiger partial charge in [-0.3, -0.25) is 0 Å². The van der Waals surface area contributed by atoms with Crippen LogP contribution >= 0.6 is 0 Å². The molecule has 3 heterocycles. The fourth-order valence-corrected chi connectivity index (χ4v) is 3.14. The molecule has 1 aromatic heterocycles. The summed E-state index contributed by atoms with van der Waals surface area (Å²) in [7, 11) is 0. The van der Waals surface area contributed by atoms with Gasteiger partial charge in [0.2, 0.25) is 0 Å². The van der Waals surface area contributed by atoms with Crippen LogP contribution < -0.4 is 5.32 Å². The van der Waals surface area contributed by atoms with Gasteiger partial charge in [-0.1, -0.05) is 0 Å². The van der Waals surface area contributed by atoms with Crippen molar-refractivity contribution in [2.75, 3.05) is 51.4 Å². The Balaban J connectivity index is 1.42. The second-order valence-corrected chi connectivity index (χ2v) is 6.28. The molecule has 0 spiro atoms. The van der Waals surface area contributed by atoms with Gasteiger partial charge in [0.1, 0.15) is 12.1 Å². The van der Waals surface area contributed by atoms with Crippen molar-refractivity contribution in [3.8, 4) is 0 Å². The molecule has 122 valence electrons. The number of hydrogen-bond donors (Lipinski definition) is 1. The molecule has 22 heavy (non-hydrogen) atoms. The predicted molar refractivity (Wildman–Crippen MR) is 85.0 cm³/mol. The van der Waals surface area contributed by atoms with E-state index in [0.29, 0.717) is 12.0 Å². The summed E-state index contributed by atoms with van der Waals surface area (Å²) in [5.41, 5.74) is 1.00. The Bertz CT molecular complexity index is 455. The Morgan fingerprint density at radius 3 is 2.59 bits per heavy atom. The molecule has 1 aromatic rings. The van der Waals surface area contributed by atoms with E-state index in [1.165, 1.54) is 0 Å². The zero-order valence-corrected chi connectivity index (χ0v) is 13.3. The molecule has 0 aromatic carbocycles. The third kappa shape index (κ3) is 4.63. The van der Waals surface area contributed by atoms with Crippen LogP contribution in [0.25, 0.3) is 0 Å². The summed E-state index contributed by atoms with van der Waals surface area (Å²) in [6, 6.07) is 2.51. The highest BCUT2D eigenvalue weighted by Gasteiger charge is 2.23. The van der Waals surface area contributed by atoms with E-state index in [0.717, 1.165) is 70.4 Å². The Hall–Kier alpha value is -1.24. The molecule has 6 nitrogen and oxygen atoms in total. The summed E-state index contributed by atoms with van der Waals surface area (Å²) >= 11 is 0. The number of likely N-dealkylation sites (tertiary alicyclic amines) is 1. The topological polar surface area (TPSA) is 59.5 Å². The van der Waals surface area contributed by atoms with Gasteiger partial charge >= 0.3 is 0 Å². The van der Waals surface area contributed by atoms with Crippen LogP contribution in [-0.2, 0) is 9.47 Å². The summed E-state index contributed by atoms with van der Waals surface area (Å²) in [6.07, 6.45) is 3.92. The van der Waals surface area contributed by atoms with Crippen molar-refractivity contribution in [2.24, 2.45) is 5.92 Å². The molecule has 0 aliphatic carbocycles. The number of nitrogens with one attached hydrogen (secondary N) is 1. The van der Waals surface area contributed by atoms with Crippen LogP contribution in [0.2, 0.25) is 0 Å². The average Bonchev–Trinajstić information content (AvgIpc) is 2.78.